The Labute approximate surface area is 144 Å². The van der Waals surface area contributed by atoms with Gasteiger partial charge in [-0.15, -0.1) is 0 Å². The van der Waals surface area contributed by atoms with Crippen molar-refractivity contribution in [2.45, 2.75) is 5.92 Å². The highest BCUT2D eigenvalue weighted by molar-refractivity contribution is 6.04. The molecule has 3 aromatic rings. The standard InChI is InChI=1S/C19H16N4O2/c1-21-19(25)13-7-5-6-12(10-13)17(24)14(11-20)18-22-15-8-3-4-9-16(15)23(18)2/h3-10,14H,1-2H3,(H,21,25)/t14-/m1/s1. The highest BCUT2D eigenvalue weighted by Gasteiger charge is 2.27. The van der Waals surface area contributed by atoms with Crippen molar-refractivity contribution in [2.24, 2.45) is 7.05 Å². The second kappa shape index (κ2) is 6.57. The highest BCUT2D eigenvalue weighted by atomic mass is 16.1. The first-order chi connectivity index (χ1) is 12.1. The number of fused-ring (bicyclic) bond motifs is 1. The van der Waals surface area contributed by atoms with Crippen molar-refractivity contribution < 1.29 is 9.59 Å². The second-order valence-electron chi connectivity index (χ2n) is 5.60. The highest BCUT2D eigenvalue weighted by Crippen LogP contribution is 2.24. The van der Waals surface area contributed by atoms with E-state index in [4.69, 9.17) is 0 Å². The molecule has 0 aliphatic carbocycles. The van der Waals surface area contributed by atoms with Crippen LogP contribution in [0.2, 0.25) is 0 Å². The largest absolute Gasteiger partial charge is 0.355 e. The average Bonchev–Trinajstić information content (AvgIpc) is 2.98. The van der Waals surface area contributed by atoms with E-state index >= 15 is 0 Å². The molecule has 6 heteroatoms. The number of aryl methyl sites for hydroxylation is 1. The third-order valence-electron chi connectivity index (χ3n) is 4.11. The Bertz CT molecular complexity index is 1010. The van der Waals surface area contributed by atoms with Crippen LogP contribution >= 0.6 is 0 Å². The van der Waals surface area contributed by atoms with E-state index in [0.29, 0.717) is 17.0 Å². The van der Waals surface area contributed by atoms with Gasteiger partial charge in [-0.3, -0.25) is 9.59 Å². The summed E-state index contributed by atoms with van der Waals surface area (Å²) in [5, 5.41) is 12.1. The van der Waals surface area contributed by atoms with Gasteiger partial charge in [0.25, 0.3) is 5.91 Å². The fourth-order valence-corrected chi connectivity index (χ4v) is 2.78. The number of carbonyl (C=O) groups excluding carboxylic acids is 2. The van der Waals surface area contributed by atoms with Crippen LogP contribution in [0.15, 0.2) is 48.5 Å². The molecule has 0 saturated carbocycles. The summed E-state index contributed by atoms with van der Waals surface area (Å²) in [6.45, 7) is 0. The number of aromatic nitrogens is 2. The number of para-hydroxylation sites is 2. The Hall–Kier alpha value is -3.46. The quantitative estimate of drug-likeness (QED) is 0.743. The molecule has 1 amide bonds. The molecule has 0 radical (unpaired) electrons. The normalized spacial score (nSPS) is 11.7. The van der Waals surface area contributed by atoms with E-state index in [2.05, 4.69) is 10.3 Å². The van der Waals surface area contributed by atoms with E-state index in [1.54, 1.807) is 29.8 Å². The number of rotatable bonds is 4. The molecule has 6 nitrogen and oxygen atoms in total. The van der Waals surface area contributed by atoms with Crippen LogP contribution in [0.5, 0.6) is 0 Å². The molecule has 1 aromatic heterocycles. The summed E-state index contributed by atoms with van der Waals surface area (Å²) >= 11 is 0. The molecule has 3 rings (SSSR count). The van der Waals surface area contributed by atoms with E-state index in [0.717, 1.165) is 11.0 Å². The van der Waals surface area contributed by atoms with Crippen molar-refractivity contribution in [2.75, 3.05) is 7.05 Å². The van der Waals surface area contributed by atoms with Gasteiger partial charge in [-0.25, -0.2) is 4.98 Å². The number of carbonyl (C=O) groups is 2. The number of amides is 1. The molecule has 1 N–H and O–H groups in total. The van der Waals surface area contributed by atoms with Gasteiger partial charge in [0.15, 0.2) is 11.7 Å². The Morgan fingerprint density at radius 1 is 1.16 bits per heavy atom. The summed E-state index contributed by atoms with van der Waals surface area (Å²) in [4.78, 5) is 29.1. The van der Waals surface area contributed by atoms with Crippen LogP contribution in [0.3, 0.4) is 0 Å². The SMILES string of the molecule is CNC(=O)c1cccc(C(=O)[C@@H](C#N)c2nc3ccccc3n2C)c1. The Kier molecular flexibility index (Phi) is 4.31. The van der Waals surface area contributed by atoms with E-state index in [9.17, 15) is 14.9 Å². The molecule has 0 aliphatic heterocycles. The number of hydrogen-bond donors (Lipinski definition) is 1. The zero-order valence-electron chi connectivity index (χ0n) is 13.9. The van der Waals surface area contributed by atoms with Crippen molar-refractivity contribution in [3.8, 4) is 6.07 Å². The van der Waals surface area contributed by atoms with Crippen LogP contribution in [-0.2, 0) is 7.05 Å². The van der Waals surface area contributed by atoms with E-state index in [1.165, 1.54) is 13.1 Å². The van der Waals surface area contributed by atoms with Gasteiger partial charge in [-0.2, -0.15) is 5.26 Å². The van der Waals surface area contributed by atoms with Crippen LogP contribution in [0.1, 0.15) is 32.5 Å². The first-order valence-electron chi connectivity index (χ1n) is 7.74. The van der Waals surface area contributed by atoms with E-state index in [-0.39, 0.29) is 11.7 Å². The minimum Gasteiger partial charge on any atom is -0.355 e. The molecule has 2 aromatic carbocycles. The Morgan fingerprint density at radius 2 is 1.88 bits per heavy atom. The van der Waals surface area contributed by atoms with Crippen molar-refractivity contribution >= 4 is 22.7 Å². The maximum atomic E-state index is 12.9. The predicted octanol–water partition coefficient (Wildman–Crippen LogP) is 2.42. The summed E-state index contributed by atoms with van der Waals surface area (Å²) in [6.07, 6.45) is 0. The number of nitrogens with one attached hydrogen (secondary N) is 1. The second-order valence-corrected chi connectivity index (χ2v) is 5.60. The third kappa shape index (κ3) is 2.88. The maximum absolute atomic E-state index is 12.9. The minimum absolute atomic E-state index is 0.286. The lowest BCUT2D eigenvalue weighted by atomic mass is 9.96. The van der Waals surface area contributed by atoms with E-state index in [1.807, 2.05) is 30.3 Å². The zero-order chi connectivity index (χ0) is 18.0. The number of Topliss-reactive ketones (excluding diaryl/α,β-unsaturated/α-hetero) is 1. The van der Waals surface area contributed by atoms with Crippen molar-refractivity contribution in [1.29, 1.82) is 5.26 Å². The number of nitrogens with zero attached hydrogens (tertiary/aromatic N) is 3. The molecule has 25 heavy (non-hydrogen) atoms. The number of ketones is 1. The number of benzene rings is 2. The number of hydrogen-bond acceptors (Lipinski definition) is 4. The molecule has 0 saturated heterocycles. The molecular weight excluding hydrogens is 316 g/mol. The molecule has 0 unspecified atom stereocenters. The van der Waals surface area contributed by atoms with Crippen LogP contribution in [-0.4, -0.2) is 28.3 Å². The van der Waals surface area contributed by atoms with Crippen LogP contribution in [0, 0.1) is 11.3 Å². The summed E-state index contributed by atoms with van der Waals surface area (Å²) in [7, 11) is 3.30. The maximum Gasteiger partial charge on any atom is 0.251 e. The number of nitriles is 1. The third-order valence-corrected chi connectivity index (χ3v) is 4.11. The molecule has 0 spiro atoms. The first-order valence-corrected chi connectivity index (χ1v) is 7.74. The monoisotopic (exact) mass is 332 g/mol. The lowest BCUT2D eigenvalue weighted by molar-refractivity contribution is 0.0963. The van der Waals surface area contributed by atoms with Gasteiger partial charge in [0, 0.05) is 25.2 Å². The van der Waals surface area contributed by atoms with Gasteiger partial charge in [0.2, 0.25) is 0 Å². The minimum atomic E-state index is -1.04. The first kappa shape index (κ1) is 16.4. The molecular formula is C19H16N4O2. The summed E-state index contributed by atoms with van der Waals surface area (Å²) in [5.41, 5.74) is 2.26. The Morgan fingerprint density at radius 3 is 2.56 bits per heavy atom. The van der Waals surface area contributed by atoms with Gasteiger partial charge in [-0.05, 0) is 24.3 Å². The lowest BCUT2D eigenvalue weighted by Gasteiger charge is -2.09. The molecule has 0 bridgehead atoms. The molecule has 1 atom stereocenters. The lowest BCUT2D eigenvalue weighted by Crippen LogP contribution is -2.19. The zero-order valence-corrected chi connectivity index (χ0v) is 13.9. The summed E-state index contributed by atoms with van der Waals surface area (Å²) in [5.74, 6) is -1.33. The fraction of sp³-hybridized carbons (Fsp3) is 0.158. The molecule has 1 heterocycles. The van der Waals surface area contributed by atoms with Crippen molar-refractivity contribution in [3.05, 3.63) is 65.5 Å². The molecule has 124 valence electrons. The van der Waals surface area contributed by atoms with Crippen LogP contribution < -0.4 is 5.32 Å². The van der Waals surface area contributed by atoms with Gasteiger partial charge in [0.1, 0.15) is 5.82 Å². The smallest absolute Gasteiger partial charge is 0.251 e. The molecule has 0 fully saturated rings. The van der Waals surface area contributed by atoms with Gasteiger partial charge in [-0.1, -0.05) is 24.3 Å². The van der Waals surface area contributed by atoms with Gasteiger partial charge < -0.3 is 9.88 Å². The average molecular weight is 332 g/mol. The van der Waals surface area contributed by atoms with Crippen LogP contribution in [0.25, 0.3) is 11.0 Å². The Balaban J connectivity index is 2.03. The summed E-state index contributed by atoms with van der Waals surface area (Å²) in [6, 6.07) is 15.8. The van der Waals surface area contributed by atoms with Crippen molar-refractivity contribution in [3.63, 3.8) is 0 Å². The fourth-order valence-electron chi connectivity index (χ4n) is 2.78. The topological polar surface area (TPSA) is 87.8 Å². The summed E-state index contributed by atoms with van der Waals surface area (Å²) < 4.78 is 1.75. The number of imidazole rings is 1. The predicted molar refractivity (Wildman–Crippen MR) is 93.2 cm³/mol. The molecule has 0 aliphatic rings. The van der Waals surface area contributed by atoms with Crippen molar-refractivity contribution in [1.82, 2.24) is 14.9 Å². The van der Waals surface area contributed by atoms with Crippen LogP contribution in [0.4, 0.5) is 0 Å². The van der Waals surface area contributed by atoms with Gasteiger partial charge in [0.05, 0.1) is 17.1 Å². The van der Waals surface area contributed by atoms with Gasteiger partial charge >= 0.3 is 0 Å². The van der Waals surface area contributed by atoms with E-state index < -0.39 is 5.92 Å².